The largest absolute Gasteiger partial charge is 0.411 e. The van der Waals surface area contributed by atoms with Crippen LogP contribution in [0.4, 0.5) is 11.6 Å². The van der Waals surface area contributed by atoms with E-state index in [2.05, 4.69) is 115 Å². The smallest absolute Gasteiger partial charge is 0.256 e. The first-order chi connectivity index (χ1) is 33.0. The Labute approximate surface area is 411 Å². The number of imidazole rings is 2. The van der Waals surface area contributed by atoms with E-state index in [0.29, 0.717) is 64.4 Å². The van der Waals surface area contributed by atoms with Crippen molar-refractivity contribution in [2.45, 2.75) is 166 Å². The van der Waals surface area contributed by atoms with Crippen LogP contribution < -0.4 is 10.6 Å². The van der Waals surface area contributed by atoms with Crippen LogP contribution in [0.15, 0.2) is 86.0 Å². The lowest BCUT2D eigenvalue weighted by atomic mass is 9.97. The summed E-state index contributed by atoms with van der Waals surface area (Å²) in [5, 5.41) is 16.9. The molecule has 2 saturated heterocycles. The summed E-state index contributed by atoms with van der Waals surface area (Å²) in [5.74, 6) is 0.227. The van der Waals surface area contributed by atoms with E-state index >= 15 is 0 Å². The minimum absolute atomic E-state index is 0.0323. The van der Waals surface area contributed by atoms with Gasteiger partial charge in [-0.05, 0) is 91.6 Å². The van der Waals surface area contributed by atoms with E-state index in [1.807, 2.05) is 45.5 Å². The number of nitrogens with one attached hydrogen (secondary N) is 2. The molecule has 6 heterocycles. The SMILES string of the molecule is CC(C)(C)[Si](C)(C)OC1C[C@H](n2cnc3c(NC(=O)c4ccccc4)ncnc32)O[C@@H]1C1(O)CC1.CC1([C@H]2O[C@@H](n3cnc4c(NC(=O)c5ccccc5)ncnc43)CC2O[Si](C)(C)C(C)(C)C)CC1. The van der Waals surface area contributed by atoms with Crippen LogP contribution in [-0.2, 0) is 18.3 Å². The number of hydrogen-bond acceptors (Lipinski definition) is 13. The highest BCUT2D eigenvalue weighted by molar-refractivity contribution is 6.74. The molecule has 6 atom stereocenters. The molecule has 19 heteroatoms. The molecule has 2 amide bonds. The van der Waals surface area contributed by atoms with Gasteiger partial charge in [0.2, 0.25) is 0 Å². The third-order valence-electron chi connectivity index (χ3n) is 15.5. The molecule has 3 N–H and O–H groups in total. The Morgan fingerprint density at radius 3 is 1.41 bits per heavy atom. The number of carbonyl (C=O) groups excluding carboxylic acids is 2. The van der Waals surface area contributed by atoms with Gasteiger partial charge in [-0.3, -0.25) is 18.7 Å². The van der Waals surface area contributed by atoms with Crippen LogP contribution in [0.1, 0.15) is 120 Å². The van der Waals surface area contributed by atoms with Crippen LogP contribution in [0.2, 0.25) is 36.3 Å². The van der Waals surface area contributed by atoms with Crippen molar-refractivity contribution in [1.82, 2.24) is 39.0 Å². The molecule has 10 rings (SSSR count). The summed E-state index contributed by atoms with van der Waals surface area (Å²) in [7, 11) is -4.05. The minimum Gasteiger partial charge on any atom is -0.411 e. The molecule has 6 aromatic rings. The van der Waals surface area contributed by atoms with E-state index in [9.17, 15) is 14.7 Å². The maximum atomic E-state index is 12.7. The molecule has 0 spiro atoms. The monoisotopic (exact) mass is 988 g/mol. The quantitative estimate of drug-likeness (QED) is 0.0979. The first-order valence-electron chi connectivity index (χ1n) is 24.4. The predicted molar refractivity (Wildman–Crippen MR) is 272 cm³/mol. The van der Waals surface area contributed by atoms with Crippen molar-refractivity contribution in [2.24, 2.45) is 5.41 Å². The molecule has 2 aromatic carbocycles. The van der Waals surface area contributed by atoms with Gasteiger partial charge in [-0.1, -0.05) is 84.9 Å². The summed E-state index contributed by atoms with van der Waals surface area (Å²) in [5.41, 5.74) is 2.63. The van der Waals surface area contributed by atoms with Gasteiger partial charge in [-0.25, -0.2) is 29.9 Å². The van der Waals surface area contributed by atoms with Gasteiger partial charge in [0.25, 0.3) is 11.8 Å². The number of anilines is 2. The number of fused-ring (bicyclic) bond motifs is 2. The van der Waals surface area contributed by atoms with Crippen molar-refractivity contribution >= 4 is 62.4 Å². The van der Waals surface area contributed by atoms with Crippen LogP contribution in [0.25, 0.3) is 22.3 Å². The Morgan fingerprint density at radius 2 is 1.03 bits per heavy atom. The zero-order valence-electron chi connectivity index (χ0n) is 42.3. The summed E-state index contributed by atoms with van der Waals surface area (Å²) in [6.45, 7) is 24.8. The van der Waals surface area contributed by atoms with Gasteiger partial charge in [0, 0.05) is 24.0 Å². The summed E-state index contributed by atoms with van der Waals surface area (Å²) in [6, 6.07) is 18.0. The number of nitrogens with zero attached hydrogens (tertiary/aromatic N) is 8. The van der Waals surface area contributed by atoms with Gasteiger partial charge >= 0.3 is 0 Å². The minimum atomic E-state index is -2.08. The van der Waals surface area contributed by atoms with Gasteiger partial charge < -0.3 is 34.1 Å². The van der Waals surface area contributed by atoms with Gasteiger partial charge in [-0.2, -0.15) is 0 Å². The second kappa shape index (κ2) is 18.4. The molecule has 2 aliphatic carbocycles. The standard InChI is InChI=1S/C26H35N5O3Si.C25H33N5O4Si/c1-25(2,3)35(5,6)34-18-14-19(33-21(18)26(4)12-13-26)31-16-29-20-22(27-15-28-23(20)31)30-24(32)17-10-8-7-9-11-17;1-24(2,3)35(4,5)34-17-13-18(33-20(17)25(32)11-12-25)30-15-28-19-21(26-14-27-22(19)30)29-23(31)16-9-7-6-8-10-16/h7-11,15-16,18-19,21H,12-14H2,1-6H3,(H,27,28,30,32);6-10,14-15,17-18,20,32H,11-13H2,1-5H3,(H,26,27,29,31)/t18?,19-,21+;17?,18-,20+/m11/s1. The van der Waals surface area contributed by atoms with Crippen molar-refractivity contribution in [3.05, 3.63) is 97.1 Å². The van der Waals surface area contributed by atoms with Crippen LogP contribution in [-0.4, -0.2) is 103 Å². The highest BCUT2D eigenvalue weighted by atomic mass is 28.4. The molecular formula is C51H68N10O7Si2. The number of aromatic nitrogens is 8. The van der Waals surface area contributed by atoms with E-state index in [1.165, 1.54) is 12.7 Å². The van der Waals surface area contributed by atoms with Gasteiger partial charge in [0.15, 0.2) is 50.6 Å². The summed E-state index contributed by atoms with van der Waals surface area (Å²) < 4.78 is 30.5. The fraction of sp³-hybridized carbons (Fsp3) is 0.529. The fourth-order valence-electron chi connectivity index (χ4n) is 8.78. The molecule has 4 fully saturated rings. The predicted octanol–water partition coefficient (Wildman–Crippen LogP) is 9.84. The number of benzene rings is 2. The highest BCUT2D eigenvalue weighted by Crippen LogP contribution is 2.56. The number of rotatable bonds is 12. The second-order valence-electron chi connectivity index (χ2n) is 22.8. The van der Waals surface area contributed by atoms with E-state index in [0.717, 1.165) is 19.3 Å². The van der Waals surface area contributed by atoms with E-state index in [4.69, 9.17) is 18.3 Å². The van der Waals surface area contributed by atoms with Crippen molar-refractivity contribution in [2.75, 3.05) is 10.6 Å². The number of amides is 2. The van der Waals surface area contributed by atoms with E-state index < -0.39 is 34.6 Å². The molecular weight excluding hydrogens is 921 g/mol. The molecule has 2 saturated carbocycles. The van der Waals surface area contributed by atoms with E-state index in [1.54, 1.807) is 36.9 Å². The van der Waals surface area contributed by atoms with Gasteiger partial charge in [0.1, 0.15) is 31.2 Å². The van der Waals surface area contributed by atoms with Crippen molar-refractivity contribution in [3.8, 4) is 0 Å². The van der Waals surface area contributed by atoms with Crippen LogP contribution in [0.5, 0.6) is 0 Å². The number of ether oxygens (including phenoxy) is 2. The summed E-state index contributed by atoms with van der Waals surface area (Å²) >= 11 is 0. The Balaban J connectivity index is 0.000000174. The van der Waals surface area contributed by atoms with Crippen LogP contribution in [0.3, 0.4) is 0 Å². The molecule has 2 unspecified atom stereocenters. The molecule has 2 aliphatic heterocycles. The Morgan fingerprint density at radius 1 is 0.629 bits per heavy atom. The molecule has 4 aromatic heterocycles. The third kappa shape index (κ3) is 9.98. The Hall–Kier alpha value is -5.29. The summed E-state index contributed by atoms with van der Waals surface area (Å²) in [6.07, 6.45) is 10.2. The number of aliphatic hydroxyl groups is 1. The zero-order valence-corrected chi connectivity index (χ0v) is 44.3. The number of hydrogen-bond donors (Lipinski definition) is 3. The maximum absolute atomic E-state index is 12.7. The first-order valence-corrected chi connectivity index (χ1v) is 30.3. The normalized spacial score (nSPS) is 24.0. The Bertz CT molecular complexity index is 2660. The molecule has 70 heavy (non-hydrogen) atoms. The lowest BCUT2D eigenvalue weighted by molar-refractivity contribution is -0.0913. The zero-order chi connectivity index (χ0) is 50.0. The summed E-state index contributed by atoms with van der Waals surface area (Å²) in [4.78, 5) is 51.9. The van der Waals surface area contributed by atoms with E-state index in [-0.39, 0.29) is 51.8 Å². The van der Waals surface area contributed by atoms with Gasteiger partial charge in [0.05, 0.1) is 36.6 Å². The third-order valence-corrected chi connectivity index (χ3v) is 24.6. The lowest BCUT2D eigenvalue weighted by Crippen LogP contribution is -2.48. The maximum Gasteiger partial charge on any atom is 0.256 e. The fourth-order valence-corrected chi connectivity index (χ4v) is 11.4. The lowest BCUT2D eigenvalue weighted by Gasteiger charge is -2.40. The molecule has 4 aliphatic rings. The average Bonchev–Trinajstić information content (AvgIpc) is 3.87. The second-order valence-corrected chi connectivity index (χ2v) is 32.3. The van der Waals surface area contributed by atoms with Crippen LogP contribution in [0, 0.1) is 5.41 Å². The first kappa shape index (κ1) is 49.7. The number of carbonyl (C=O) groups is 2. The van der Waals surface area contributed by atoms with Crippen molar-refractivity contribution in [1.29, 1.82) is 0 Å². The van der Waals surface area contributed by atoms with Crippen molar-refractivity contribution < 1.29 is 33.0 Å². The van der Waals surface area contributed by atoms with Crippen molar-refractivity contribution in [3.63, 3.8) is 0 Å². The topological polar surface area (TPSA) is 203 Å². The van der Waals surface area contributed by atoms with Gasteiger partial charge in [-0.15, -0.1) is 0 Å². The molecule has 17 nitrogen and oxygen atoms in total. The molecule has 372 valence electrons. The van der Waals surface area contributed by atoms with Crippen LogP contribution >= 0.6 is 0 Å². The molecule has 0 radical (unpaired) electrons. The highest BCUT2D eigenvalue weighted by Gasteiger charge is 2.59. The Kier molecular flexibility index (Phi) is 13.1. The molecule has 0 bridgehead atoms. The average molecular weight is 989 g/mol.